The number of alkyl halides is 1. The molecule has 0 radical (unpaired) electrons. The highest BCUT2D eigenvalue weighted by Crippen LogP contribution is 2.28. The molecule has 0 aliphatic heterocycles. The van der Waals surface area contributed by atoms with Crippen molar-refractivity contribution in [3.05, 3.63) is 0 Å². The van der Waals surface area contributed by atoms with Crippen LogP contribution in [0.3, 0.4) is 0 Å². The van der Waals surface area contributed by atoms with E-state index in [9.17, 15) is 4.79 Å². The SMILES string of the molecule is CCOCC(=O)NCC1CCC(Cl)C1. The van der Waals surface area contributed by atoms with Crippen molar-refractivity contribution in [3.63, 3.8) is 0 Å². The third-order valence-corrected chi connectivity index (χ3v) is 2.90. The van der Waals surface area contributed by atoms with Crippen LogP contribution < -0.4 is 5.32 Å². The summed E-state index contributed by atoms with van der Waals surface area (Å²) in [5.41, 5.74) is 0. The van der Waals surface area contributed by atoms with E-state index in [2.05, 4.69) is 5.32 Å². The molecule has 1 rings (SSSR count). The molecule has 4 heteroatoms. The fraction of sp³-hybridized carbons (Fsp3) is 0.900. The van der Waals surface area contributed by atoms with Gasteiger partial charge < -0.3 is 10.1 Å². The second-order valence-electron chi connectivity index (χ2n) is 3.72. The van der Waals surface area contributed by atoms with Gasteiger partial charge in [0.05, 0.1) is 0 Å². The maximum atomic E-state index is 11.2. The molecule has 2 unspecified atom stereocenters. The van der Waals surface area contributed by atoms with Gasteiger partial charge in [0.1, 0.15) is 6.61 Å². The van der Waals surface area contributed by atoms with E-state index in [1.165, 1.54) is 0 Å². The molecule has 0 spiro atoms. The molecule has 0 aromatic heterocycles. The number of carbonyl (C=O) groups excluding carboxylic acids is 1. The van der Waals surface area contributed by atoms with Crippen molar-refractivity contribution in [2.45, 2.75) is 31.6 Å². The summed E-state index contributed by atoms with van der Waals surface area (Å²) in [5.74, 6) is 0.535. The molecule has 3 nitrogen and oxygen atoms in total. The predicted octanol–water partition coefficient (Wildman–Crippen LogP) is 1.55. The van der Waals surface area contributed by atoms with Crippen LogP contribution in [0.15, 0.2) is 0 Å². The first-order chi connectivity index (χ1) is 6.72. The van der Waals surface area contributed by atoms with Crippen LogP contribution in [-0.4, -0.2) is 31.0 Å². The van der Waals surface area contributed by atoms with Crippen molar-refractivity contribution in [1.29, 1.82) is 0 Å². The summed E-state index contributed by atoms with van der Waals surface area (Å²) in [6, 6.07) is 0. The minimum Gasteiger partial charge on any atom is -0.372 e. The Labute approximate surface area is 90.1 Å². The Bertz CT molecular complexity index is 187. The first-order valence-corrected chi connectivity index (χ1v) is 5.64. The molecule has 0 saturated heterocycles. The van der Waals surface area contributed by atoms with Gasteiger partial charge in [0, 0.05) is 18.5 Å². The smallest absolute Gasteiger partial charge is 0.246 e. The van der Waals surface area contributed by atoms with E-state index in [4.69, 9.17) is 16.3 Å². The standard InChI is InChI=1S/C10H18ClNO2/c1-2-14-7-10(13)12-6-8-3-4-9(11)5-8/h8-9H,2-7H2,1H3,(H,12,13). The molecular weight excluding hydrogens is 202 g/mol. The van der Waals surface area contributed by atoms with Crippen molar-refractivity contribution in [3.8, 4) is 0 Å². The lowest BCUT2D eigenvalue weighted by atomic mass is 10.1. The Hall–Kier alpha value is -0.280. The molecule has 1 fully saturated rings. The Morgan fingerprint density at radius 1 is 1.57 bits per heavy atom. The summed E-state index contributed by atoms with van der Waals surface area (Å²) in [7, 11) is 0. The third-order valence-electron chi connectivity index (χ3n) is 2.50. The van der Waals surface area contributed by atoms with Gasteiger partial charge in [-0.3, -0.25) is 4.79 Å². The van der Waals surface area contributed by atoms with Crippen molar-refractivity contribution >= 4 is 17.5 Å². The van der Waals surface area contributed by atoms with Gasteiger partial charge in [0.2, 0.25) is 5.91 Å². The number of nitrogens with one attached hydrogen (secondary N) is 1. The summed E-state index contributed by atoms with van der Waals surface area (Å²) in [4.78, 5) is 11.2. The lowest BCUT2D eigenvalue weighted by Crippen LogP contribution is -2.31. The normalized spacial score (nSPS) is 26.4. The molecule has 1 aliphatic rings. The van der Waals surface area contributed by atoms with Gasteiger partial charge >= 0.3 is 0 Å². The van der Waals surface area contributed by atoms with Crippen LogP contribution in [0, 0.1) is 5.92 Å². The van der Waals surface area contributed by atoms with E-state index in [1.807, 2.05) is 6.92 Å². The fourth-order valence-corrected chi connectivity index (χ4v) is 2.08. The Morgan fingerprint density at radius 2 is 2.36 bits per heavy atom. The molecule has 14 heavy (non-hydrogen) atoms. The van der Waals surface area contributed by atoms with Crippen LogP contribution in [0.1, 0.15) is 26.2 Å². The van der Waals surface area contributed by atoms with Gasteiger partial charge in [0.15, 0.2) is 0 Å². The highest BCUT2D eigenvalue weighted by atomic mass is 35.5. The number of halogens is 1. The molecule has 1 amide bonds. The van der Waals surface area contributed by atoms with Gasteiger partial charge in [0.25, 0.3) is 0 Å². The Kier molecular flexibility index (Phi) is 5.26. The number of ether oxygens (including phenoxy) is 1. The molecule has 82 valence electrons. The predicted molar refractivity (Wildman–Crippen MR) is 56.5 cm³/mol. The molecule has 1 N–H and O–H groups in total. The number of hydrogen-bond donors (Lipinski definition) is 1. The highest BCUT2D eigenvalue weighted by molar-refractivity contribution is 6.20. The summed E-state index contributed by atoms with van der Waals surface area (Å²) in [6.45, 7) is 3.38. The van der Waals surface area contributed by atoms with Gasteiger partial charge in [-0.15, -0.1) is 11.6 Å². The number of carbonyl (C=O) groups is 1. The topological polar surface area (TPSA) is 38.3 Å². The van der Waals surface area contributed by atoms with E-state index in [0.29, 0.717) is 17.9 Å². The molecule has 2 atom stereocenters. The number of rotatable bonds is 5. The van der Waals surface area contributed by atoms with Crippen LogP contribution in [-0.2, 0) is 9.53 Å². The van der Waals surface area contributed by atoms with E-state index in [0.717, 1.165) is 25.8 Å². The minimum absolute atomic E-state index is 0.0233. The molecule has 0 bridgehead atoms. The van der Waals surface area contributed by atoms with Crippen molar-refractivity contribution in [1.82, 2.24) is 5.32 Å². The van der Waals surface area contributed by atoms with Crippen molar-refractivity contribution < 1.29 is 9.53 Å². The third kappa shape index (κ3) is 4.29. The molecule has 0 aromatic rings. The first kappa shape index (κ1) is 11.8. The zero-order valence-corrected chi connectivity index (χ0v) is 9.35. The van der Waals surface area contributed by atoms with Gasteiger partial charge in [-0.25, -0.2) is 0 Å². The minimum atomic E-state index is -0.0233. The quantitative estimate of drug-likeness (QED) is 0.713. The molecule has 0 aromatic carbocycles. The van der Waals surface area contributed by atoms with Crippen molar-refractivity contribution in [2.24, 2.45) is 5.92 Å². The Balaban J connectivity index is 2.05. The highest BCUT2D eigenvalue weighted by Gasteiger charge is 2.22. The summed E-state index contributed by atoms with van der Waals surface area (Å²) >= 11 is 5.97. The van der Waals surface area contributed by atoms with Gasteiger partial charge in [-0.05, 0) is 32.1 Å². The number of hydrogen-bond acceptors (Lipinski definition) is 2. The lowest BCUT2D eigenvalue weighted by molar-refractivity contribution is -0.125. The molecular formula is C10H18ClNO2. The fourth-order valence-electron chi connectivity index (χ4n) is 1.70. The lowest BCUT2D eigenvalue weighted by Gasteiger charge is -2.10. The molecule has 1 aliphatic carbocycles. The van der Waals surface area contributed by atoms with Crippen LogP contribution in [0.2, 0.25) is 0 Å². The van der Waals surface area contributed by atoms with E-state index in [-0.39, 0.29) is 12.5 Å². The first-order valence-electron chi connectivity index (χ1n) is 5.21. The van der Waals surface area contributed by atoms with E-state index in [1.54, 1.807) is 0 Å². The average molecular weight is 220 g/mol. The number of amides is 1. The second kappa shape index (κ2) is 6.25. The van der Waals surface area contributed by atoms with E-state index >= 15 is 0 Å². The second-order valence-corrected chi connectivity index (χ2v) is 4.33. The zero-order valence-electron chi connectivity index (χ0n) is 8.59. The molecule has 1 saturated carbocycles. The maximum Gasteiger partial charge on any atom is 0.246 e. The average Bonchev–Trinajstić information content (AvgIpc) is 2.58. The molecule has 0 heterocycles. The van der Waals surface area contributed by atoms with Gasteiger partial charge in [-0.2, -0.15) is 0 Å². The Morgan fingerprint density at radius 3 is 2.93 bits per heavy atom. The van der Waals surface area contributed by atoms with Crippen LogP contribution >= 0.6 is 11.6 Å². The van der Waals surface area contributed by atoms with Crippen LogP contribution in [0.25, 0.3) is 0 Å². The monoisotopic (exact) mass is 219 g/mol. The summed E-state index contributed by atoms with van der Waals surface area (Å²) in [5, 5.41) is 3.17. The van der Waals surface area contributed by atoms with Crippen molar-refractivity contribution in [2.75, 3.05) is 19.8 Å². The largest absolute Gasteiger partial charge is 0.372 e. The van der Waals surface area contributed by atoms with Crippen LogP contribution in [0.4, 0.5) is 0 Å². The van der Waals surface area contributed by atoms with Crippen LogP contribution in [0.5, 0.6) is 0 Å². The van der Waals surface area contributed by atoms with E-state index < -0.39 is 0 Å². The summed E-state index contributed by atoms with van der Waals surface area (Å²) in [6.07, 6.45) is 3.23. The summed E-state index contributed by atoms with van der Waals surface area (Å²) < 4.78 is 4.99. The van der Waals surface area contributed by atoms with Gasteiger partial charge in [-0.1, -0.05) is 0 Å². The maximum absolute atomic E-state index is 11.2. The zero-order chi connectivity index (χ0) is 10.4.